The summed E-state index contributed by atoms with van der Waals surface area (Å²) in [6.45, 7) is 7.46. The van der Waals surface area contributed by atoms with Gasteiger partial charge in [0, 0.05) is 18.7 Å². The van der Waals surface area contributed by atoms with Crippen LogP contribution in [-0.4, -0.2) is 44.1 Å². The first-order valence-electron chi connectivity index (χ1n) is 10.9. The third-order valence-corrected chi connectivity index (χ3v) is 5.92. The van der Waals surface area contributed by atoms with Gasteiger partial charge < -0.3 is 15.5 Å². The Morgan fingerprint density at radius 3 is 2.34 bits per heavy atom. The van der Waals surface area contributed by atoms with Crippen molar-refractivity contribution >= 4 is 5.91 Å². The van der Waals surface area contributed by atoms with Crippen LogP contribution in [0.5, 0.6) is 11.6 Å². The monoisotopic (exact) mass is 432 g/mol. The topological polar surface area (TPSA) is 98.6 Å². The second kappa shape index (κ2) is 9.36. The molecule has 32 heavy (non-hydrogen) atoms. The molecule has 3 N–H and O–H groups in total. The van der Waals surface area contributed by atoms with Gasteiger partial charge in [-0.05, 0) is 62.0 Å². The standard InChI is InChI=1S/C25H28N4O3/c1-16-5-6-19(13-17(16)2)14-26-24(31)21-22(30)25(32)28-23(27-21)20-9-7-18(8-10-20)15-29-11-3-4-12-29/h5-10,13,30H,3-4,11-12,14-15H2,1-2H3,(H,26,31)(H,27,28,32). The van der Waals surface area contributed by atoms with Crippen LogP contribution in [0.4, 0.5) is 0 Å². The van der Waals surface area contributed by atoms with E-state index in [0.717, 1.165) is 30.8 Å². The lowest BCUT2D eigenvalue weighted by Crippen LogP contribution is -2.24. The molecule has 0 aliphatic carbocycles. The highest BCUT2D eigenvalue weighted by Gasteiger charge is 2.20. The lowest BCUT2D eigenvalue weighted by atomic mass is 10.1. The molecule has 0 spiro atoms. The van der Waals surface area contributed by atoms with Gasteiger partial charge in [0.05, 0.1) is 0 Å². The van der Waals surface area contributed by atoms with E-state index in [4.69, 9.17) is 0 Å². The maximum absolute atomic E-state index is 12.7. The number of hydrogen-bond donors (Lipinski definition) is 3. The smallest absolute Gasteiger partial charge is 0.274 e. The highest BCUT2D eigenvalue weighted by molar-refractivity contribution is 5.95. The number of nitrogens with zero attached hydrogens (tertiary/aromatic N) is 3. The van der Waals surface area contributed by atoms with Gasteiger partial charge in [-0.15, -0.1) is 0 Å². The second-order valence-corrected chi connectivity index (χ2v) is 8.35. The van der Waals surface area contributed by atoms with E-state index in [1.165, 1.54) is 24.0 Å². The number of aromatic hydroxyl groups is 2. The van der Waals surface area contributed by atoms with Crippen molar-refractivity contribution in [3.63, 3.8) is 0 Å². The molecule has 0 radical (unpaired) electrons. The van der Waals surface area contributed by atoms with Crippen LogP contribution in [0.2, 0.25) is 0 Å². The molecule has 0 bridgehead atoms. The molecule has 7 heteroatoms. The zero-order chi connectivity index (χ0) is 22.7. The van der Waals surface area contributed by atoms with Gasteiger partial charge in [0.2, 0.25) is 5.75 Å². The summed E-state index contributed by atoms with van der Waals surface area (Å²) >= 11 is 0. The Bertz CT molecular complexity index is 1120. The Hall–Kier alpha value is -3.45. The minimum absolute atomic E-state index is 0.185. The summed E-state index contributed by atoms with van der Waals surface area (Å²) < 4.78 is 0. The van der Waals surface area contributed by atoms with E-state index in [1.54, 1.807) is 0 Å². The molecule has 1 aliphatic heterocycles. The molecule has 2 aromatic carbocycles. The van der Waals surface area contributed by atoms with Gasteiger partial charge in [0.15, 0.2) is 11.5 Å². The van der Waals surface area contributed by atoms with Crippen molar-refractivity contribution in [3.8, 4) is 23.0 Å². The molecule has 2 heterocycles. The quantitative estimate of drug-likeness (QED) is 0.549. The molecule has 7 nitrogen and oxygen atoms in total. The van der Waals surface area contributed by atoms with Gasteiger partial charge in [0.1, 0.15) is 0 Å². The van der Waals surface area contributed by atoms with E-state index in [0.29, 0.717) is 5.56 Å². The summed E-state index contributed by atoms with van der Waals surface area (Å²) in [6.07, 6.45) is 2.49. The molecule has 4 rings (SSSR count). The molecule has 1 fully saturated rings. The normalized spacial score (nSPS) is 13.9. The largest absolute Gasteiger partial charge is 0.501 e. The SMILES string of the molecule is Cc1ccc(CNC(=O)c2nc(-c3ccc(CN4CCCC4)cc3)nc(O)c2O)cc1C. The van der Waals surface area contributed by atoms with E-state index in [9.17, 15) is 15.0 Å². The molecular weight excluding hydrogens is 404 g/mol. The lowest BCUT2D eigenvalue weighted by molar-refractivity contribution is 0.0942. The fourth-order valence-electron chi connectivity index (χ4n) is 3.87. The fourth-order valence-corrected chi connectivity index (χ4v) is 3.87. The van der Waals surface area contributed by atoms with Crippen LogP contribution < -0.4 is 5.32 Å². The van der Waals surface area contributed by atoms with Crippen LogP contribution in [0, 0.1) is 13.8 Å². The van der Waals surface area contributed by atoms with Gasteiger partial charge in [-0.25, -0.2) is 4.98 Å². The van der Waals surface area contributed by atoms with Crippen LogP contribution in [0.25, 0.3) is 11.4 Å². The first-order valence-corrected chi connectivity index (χ1v) is 10.9. The number of nitrogens with one attached hydrogen (secondary N) is 1. The van der Waals surface area contributed by atoms with Gasteiger partial charge in [-0.3, -0.25) is 9.69 Å². The van der Waals surface area contributed by atoms with Gasteiger partial charge in [0.25, 0.3) is 11.8 Å². The number of amides is 1. The van der Waals surface area contributed by atoms with Crippen LogP contribution in [0.1, 0.15) is 45.6 Å². The van der Waals surface area contributed by atoms with Crippen LogP contribution in [-0.2, 0) is 13.1 Å². The Labute approximate surface area is 187 Å². The van der Waals surface area contributed by atoms with Crippen molar-refractivity contribution in [1.82, 2.24) is 20.2 Å². The van der Waals surface area contributed by atoms with Crippen molar-refractivity contribution < 1.29 is 15.0 Å². The van der Waals surface area contributed by atoms with Crippen LogP contribution >= 0.6 is 0 Å². The van der Waals surface area contributed by atoms with E-state index < -0.39 is 17.5 Å². The van der Waals surface area contributed by atoms with E-state index in [-0.39, 0.29) is 18.1 Å². The Balaban J connectivity index is 1.50. The molecule has 1 aromatic heterocycles. The third kappa shape index (κ3) is 4.89. The summed E-state index contributed by atoms with van der Waals surface area (Å²) in [5.41, 5.74) is 4.84. The first-order chi connectivity index (χ1) is 15.4. The third-order valence-electron chi connectivity index (χ3n) is 5.92. The summed E-state index contributed by atoms with van der Waals surface area (Å²) in [7, 11) is 0. The molecule has 0 atom stereocenters. The zero-order valence-electron chi connectivity index (χ0n) is 18.4. The highest BCUT2D eigenvalue weighted by Crippen LogP contribution is 2.29. The molecule has 1 amide bonds. The summed E-state index contributed by atoms with van der Waals surface area (Å²) in [6, 6.07) is 13.7. The second-order valence-electron chi connectivity index (χ2n) is 8.35. The van der Waals surface area contributed by atoms with E-state index in [1.807, 2.05) is 56.3 Å². The number of aromatic nitrogens is 2. The summed E-state index contributed by atoms with van der Waals surface area (Å²) in [4.78, 5) is 23.3. The number of benzene rings is 2. The number of aryl methyl sites for hydroxylation is 2. The summed E-state index contributed by atoms with van der Waals surface area (Å²) in [5, 5.41) is 23.0. The molecule has 3 aromatic rings. The van der Waals surface area contributed by atoms with E-state index in [2.05, 4.69) is 20.2 Å². The van der Waals surface area contributed by atoms with Crippen molar-refractivity contribution in [2.45, 2.75) is 39.8 Å². The minimum atomic E-state index is -0.628. The van der Waals surface area contributed by atoms with Gasteiger partial charge in [-0.1, -0.05) is 42.5 Å². The number of likely N-dealkylation sites (tertiary alicyclic amines) is 1. The van der Waals surface area contributed by atoms with Crippen molar-refractivity contribution in [2.24, 2.45) is 0 Å². The van der Waals surface area contributed by atoms with E-state index >= 15 is 0 Å². The average Bonchev–Trinajstić information content (AvgIpc) is 3.30. The summed E-state index contributed by atoms with van der Waals surface area (Å²) in [5.74, 6) is -1.64. The highest BCUT2D eigenvalue weighted by atomic mass is 16.3. The zero-order valence-corrected chi connectivity index (χ0v) is 18.4. The number of hydrogen-bond acceptors (Lipinski definition) is 6. The van der Waals surface area contributed by atoms with Crippen LogP contribution in [0.15, 0.2) is 42.5 Å². The molecule has 0 unspecified atom stereocenters. The maximum atomic E-state index is 12.7. The first kappa shape index (κ1) is 21.8. The van der Waals surface area contributed by atoms with Gasteiger partial charge in [-0.2, -0.15) is 4.98 Å². The fraction of sp³-hybridized carbons (Fsp3) is 0.320. The average molecular weight is 433 g/mol. The van der Waals surface area contributed by atoms with Gasteiger partial charge >= 0.3 is 0 Å². The maximum Gasteiger partial charge on any atom is 0.274 e. The molecule has 1 saturated heterocycles. The van der Waals surface area contributed by atoms with Crippen molar-refractivity contribution in [1.29, 1.82) is 0 Å². The predicted octanol–water partition coefficient (Wildman–Crippen LogP) is 3.70. The number of carbonyl (C=O) groups is 1. The molecule has 1 aliphatic rings. The molecule has 166 valence electrons. The van der Waals surface area contributed by atoms with Crippen molar-refractivity contribution in [3.05, 3.63) is 70.4 Å². The van der Waals surface area contributed by atoms with Crippen molar-refractivity contribution in [2.75, 3.05) is 13.1 Å². The Kier molecular flexibility index (Phi) is 6.37. The minimum Gasteiger partial charge on any atom is -0.501 e. The predicted molar refractivity (Wildman–Crippen MR) is 122 cm³/mol. The molecule has 0 saturated carbocycles. The molecular formula is C25H28N4O3. The Morgan fingerprint density at radius 1 is 0.969 bits per heavy atom. The Morgan fingerprint density at radius 2 is 1.66 bits per heavy atom. The lowest BCUT2D eigenvalue weighted by Gasteiger charge is -2.14. The number of rotatable bonds is 6. The number of carbonyl (C=O) groups excluding carboxylic acids is 1. The van der Waals surface area contributed by atoms with Crippen LogP contribution in [0.3, 0.4) is 0 Å².